The third kappa shape index (κ3) is 11.2. The molecule has 0 aliphatic carbocycles. The van der Waals surface area contributed by atoms with Gasteiger partial charge in [-0.25, -0.2) is 4.98 Å². The van der Waals surface area contributed by atoms with E-state index in [4.69, 9.17) is 11.5 Å². The number of benzene rings is 2. The summed E-state index contributed by atoms with van der Waals surface area (Å²) in [4.78, 5) is 74.4. The minimum Gasteiger partial charge on any atom is -0.343 e. The molecule has 3 aromatic rings. The monoisotopic (exact) mass is 752 g/mol. The topological polar surface area (TPSA) is 202 Å². The zero-order valence-corrected chi connectivity index (χ0v) is 32.0. The predicted molar refractivity (Wildman–Crippen MR) is 211 cm³/mol. The van der Waals surface area contributed by atoms with Gasteiger partial charge in [0.15, 0.2) is 0 Å². The zero-order chi connectivity index (χ0) is 39.4. The van der Waals surface area contributed by atoms with E-state index in [1.807, 2.05) is 86.6 Å². The number of nitrogens with two attached hydrogens (primary N) is 2. The number of aromatic nitrogens is 1. The fourth-order valence-corrected chi connectivity index (χ4v) is 7.63. The van der Waals surface area contributed by atoms with Gasteiger partial charge < -0.3 is 37.6 Å². The number of unbranched alkanes of at least 4 members (excludes halogenated alkanes) is 1. The summed E-state index contributed by atoms with van der Waals surface area (Å²) < 4.78 is 0. The molecule has 8 N–H and O–H groups in total. The number of fused-ring (bicyclic) bond motifs is 2. The number of amides is 5. The highest BCUT2D eigenvalue weighted by Gasteiger charge is 2.44. The maximum atomic E-state index is 14.1. The van der Waals surface area contributed by atoms with Crippen LogP contribution in [0.3, 0.4) is 0 Å². The van der Waals surface area contributed by atoms with Gasteiger partial charge in [-0.2, -0.15) is 0 Å². The second kappa shape index (κ2) is 19.4. The van der Waals surface area contributed by atoms with Crippen LogP contribution in [0, 0.1) is 5.92 Å². The molecule has 13 heteroatoms. The molecule has 5 amide bonds. The second-order valence-corrected chi connectivity index (χ2v) is 15.3. The molecule has 2 aromatic carbocycles. The molecule has 1 aromatic heterocycles. The van der Waals surface area contributed by atoms with Crippen molar-refractivity contribution >= 4 is 35.4 Å². The summed E-state index contributed by atoms with van der Waals surface area (Å²) in [6.45, 7) is 5.19. The Morgan fingerprint density at radius 2 is 1.40 bits per heavy atom. The van der Waals surface area contributed by atoms with E-state index in [1.165, 1.54) is 0 Å². The molecule has 294 valence electrons. The van der Waals surface area contributed by atoms with Crippen molar-refractivity contribution < 1.29 is 24.0 Å². The summed E-state index contributed by atoms with van der Waals surface area (Å²) in [6.07, 6.45) is 5.63. The van der Waals surface area contributed by atoms with Crippen LogP contribution < -0.4 is 32.7 Å². The smallest absolute Gasteiger partial charge is 0.245 e. The average Bonchev–Trinajstić information content (AvgIpc) is 3.17. The van der Waals surface area contributed by atoms with Crippen molar-refractivity contribution in [3.63, 3.8) is 0 Å². The van der Waals surface area contributed by atoms with Crippen LogP contribution in [0.2, 0.25) is 0 Å². The molecule has 5 rings (SSSR count). The molecular weight excluding hydrogens is 697 g/mol. The number of nitrogens with zero attached hydrogens (tertiary/aromatic N) is 2. The number of hydrogen-bond acceptors (Lipinski definition) is 8. The molecule has 55 heavy (non-hydrogen) atoms. The lowest BCUT2D eigenvalue weighted by Crippen LogP contribution is -2.59. The number of likely N-dealkylation sites (tertiary alicyclic amines) is 1. The third-order valence-electron chi connectivity index (χ3n) is 10.6. The Balaban J connectivity index is 1.28. The number of anilines is 1. The fraction of sp³-hybridized carbons (Fsp3) is 0.476. The Bertz CT molecular complexity index is 1760. The zero-order valence-electron chi connectivity index (χ0n) is 32.0. The van der Waals surface area contributed by atoms with Crippen LogP contribution in [0.4, 0.5) is 5.82 Å². The Morgan fingerprint density at radius 3 is 2.04 bits per heavy atom. The van der Waals surface area contributed by atoms with Gasteiger partial charge in [0.25, 0.3) is 0 Å². The molecule has 1 spiro atoms. The summed E-state index contributed by atoms with van der Waals surface area (Å²) in [5.74, 6) is -1.18. The standard InChI is InChI=1S/C42H56N8O5/c1-28(2)24-34(48-40(54)35(26-30-14-7-4-8-15-30)47-38(52)32(44)25-29-12-5-3-6-13-29)39(53)46-33(17-9-10-20-43)41(55)50-22-18-42(19-23-50)27-36(51)49-37-31(42)16-11-21-45-37/h3-8,11-16,21,28,32-35H,9-10,17-20,22-27,43-44H2,1-2H3,(H,46,53)(H,47,52)(H,48,54)(H,45,49,51)/t32-,33-,34-,35-/m1/s1. The SMILES string of the molecule is CC(C)C[C@@H](NC(=O)[C@@H](Cc1ccccc1)NC(=O)[C@H](N)Cc1ccccc1)C(=O)N[C@H](CCCCN)C(=O)N1CCC2(CC1)CC(=O)Nc1ncccc12. The van der Waals surface area contributed by atoms with E-state index in [9.17, 15) is 24.0 Å². The molecule has 1 saturated heterocycles. The van der Waals surface area contributed by atoms with Crippen LogP contribution >= 0.6 is 0 Å². The number of carbonyl (C=O) groups excluding carboxylic acids is 5. The molecule has 3 heterocycles. The number of nitrogens with one attached hydrogen (secondary N) is 4. The number of rotatable bonds is 17. The maximum Gasteiger partial charge on any atom is 0.245 e. The minimum atomic E-state index is -1.01. The first kappa shape index (κ1) is 41.0. The van der Waals surface area contributed by atoms with Crippen LogP contribution in [0.1, 0.15) is 75.5 Å². The molecule has 0 bridgehead atoms. The molecule has 4 atom stereocenters. The Morgan fingerprint density at radius 1 is 0.800 bits per heavy atom. The highest BCUT2D eigenvalue weighted by Crippen LogP contribution is 2.44. The summed E-state index contributed by atoms with van der Waals surface area (Å²) >= 11 is 0. The number of carbonyl (C=O) groups is 5. The van der Waals surface area contributed by atoms with Crippen molar-refractivity contribution in [2.75, 3.05) is 25.0 Å². The van der Waals surface area contributed by atoms with E-state index >= 15 is 0 Å². The average molecular weight is 753 g/mol. The summed E-state index contributed by atoms with van der Waals surface area (Å²) in [5, 5.41) is 11.6. The van der Waals surface area contributed by atoms with Crippen molar-refractivity contribution in [1.29, 1.82) is 0 Å². The van der Waals surface area contributed by atoms with Crippen LogP contribution in [-0.4, -0.2) is 83.2 Å². The van der Waals surface area contributed by atoms with Gasteiger partial charge in [-0.15, -0.1) is 0 Å². The van der Waals surface area contributed by atoms with Gasteiger partial charge in [-0.1, -0.05) is 80.6 Å². The summed E-state index contributed by atoms with van der Waals surface area (Å²) in [7, 11) is 0. The van der Waals surface area contributed by atoms with E-state index in [1.54, 1.807) is 11.1 Å². The first-order chi connectivity index (χ1) is 26.5. The highest BCUT2D eigenvalue weighted by molar-refractivity contribution is 5.96. The van der Waals surface area contributed by atoms with Crippen LogP contribution in [0.5, 0.6) is 0 Å². The molecule has 2 aliphatic heterocycles. The largest absolute Gasteiger partial charge is 0.343 e. The van der Waals surface area contributed by atoms with Crippen molar-refractivity contribution in [1.82, 2.24) is 25.8 Å². The Kier molecular flexibility index (Phi) is 14.5. The normalized spacial score (nSPS) is 17.0. The van der Waals surface area contributed by atoms with Crippen LogP contribution in [0.25, 0.3) is 0 Å². The van der Waals surface area contributed by atoms with Gasteiger partial charge in [-0.05, 0) is 74.6 Å². The first-order valence-electron chi connectivity index (χ1n) is 19.5. The van der Waals surface area contributed by atoms with Gasteiger partial charge in [0.1, 0.15) is 23.9 Å². The molecule has 0 saturated carbocycles. The Hall–Kier alpha value is -5.14. The lowest BCUT2D eigenvalue weighted by molar-refractivity contribution is -0.139. The number of pyridine rings is 1. The molecule has 2 aliphatic rings. The van der Waals surface area contributed by atoms with Gasteiger partial charge in [-0.3, -0.25) is 24.0 Å². The van der Waals surface area contributed by atoms with Crippen molar-refractivity contribution in [3.8, 4) is 0 Å². The van der Waals surface area contributed by atoms with Crippen molar-refractivity contribution in [2.45, 2.75) is 101 Å². The maximum absolute atomic E-state index is 14.1. The number of hydrogen-bond donors (Lipinski definition) is 6. The van der Waals surface area contributed by atoms with E-state index in [2.05, 4.69) is 26.3 Å². The van der Waals surface area contributed by atoms with Crippen LogP contribution in [-0.2, 0) is 42.2 Å². The van der Waals surface area contributed by atoms with E-state index in [0.717, 1.165) is 16.7 Å². The van der Waals surface area contributed by atoms with Gasteiger partial charge in [0, 0.05) is 43.1 Å². The highest BCUT2D eigenvalue weighted by atomic mass is 16.2. The molecule has 0 radical (unpaired) electrons. The van der Waals surface area contributed by atoms with Crippen molar-refractivity contribution in [2.24, 2.45) is 17.4 Å². The van der Waals surface area contributed by atoms with E-state index in [-0.39, 0.29) is 24.2 Å². The number of piperidine rings is 1. The van der Waals surface area contributed by atoms with Gasteiger partial charge >= 0.3 is 0 Å². The summed E-state index contributed by atoms with van der Waals surface area (Å²) in [5.41, 5.74) is 14.4. The molecule has 1 fully saturated rings. The van der Waals surface area contributed by atoms with Gasteiger partial charge in [0.05, 0.1) is 6.04 Å². The Labute approximate surface area is 323 Å². The van der Waals surface area contributed by atoms with Gasteiger partial charge in [0.2, 0.25) is 29.5 Å². The second-order valence-electron chi connectivity index (χ2n) is 15.3. The van der Waals surface area contributed by atoms with E-state index < -0.39 is 47.3 Å². The molecule has 13 nitrogen and oxygen atoms in total. The lowest BCUT2D eigenvalue weighted by atomic mass is 9.69. The van der Waals surface area contributed by atoms with Crippen LogP contribution in [0.15, 0.2) is 79.0 Å². The predicted octanol–water partition coefficient (Wildman–Crippen LogP) is 2.73. The summed E-state index contributed by atoms with van der Waals surface area (Å²) in [6, 6.07) is 18.9. The first-order valence-corrected chi connectivity index (χ1v) is 19.5. The minimum absolute atomic E-state index is 0.0206. The third-order valence-corrected chi connectivity index (χ3v) is 10.6. The fourth-order valence-electron chi connectivity index (χ4n) is 7.63. The van der Waals surface area contributed by atoms with Crippen molar-refractivity contribution in [3.05, 3.63) is 95.7 Å². The molecular formula is C42H56N8O5. The quantitative estimate of drug-likeness (QED) is 0.113. The molecule has 0 unspecified atom stereocenters. The lowest BCUT2D eigenvalue weighted by Gasteiger charge is -2.45. The van der Waals surface area contributed by atoms with E-state index in [0.29, 0.717) is 76.8 Å².